The first-order valence-corrected chi connectivity index (χ1v) is 7.82. The van der Waals surface area contributed by atoms with Gasteiger partial charge in [-0.2, -0.15) is 0 Å². The molecule has 24 heavy (non-hydrogen) atoms. The van der Waals surface area contributed by atoms with Crippen LogP contribution in [-0.4, -0.2) is 18.1 Å². The molecule has 0 atom stereocenters. The van der Waals surface area contributed by atoms with Gasteiger partial charge in [0.05, 0.1) is 0 Å². The van der Waals surface area contributed by atoms with Gasteiger partial charge in [0.25, 0.3) is 5.91 Å². The average molecular weight is 317 g/mol. The molecular weight excluding hydrogens is 298 g/mol. The van der Waals surface area contributed by atoms with Gasteiger partial charge >= 0.3 is 0 Å². The van der Waals surface area contributed by atoms with Crippen LogP contribution in [0.25, 0.3) is 0 Å². The maximum Gasteiger partial charge on any atom is 0.251 e. The van der Waals surface area contributed by atoms with Gasteiger partial charge in [0.1, 0.15) is 5.60 Å². The molecule has 3 rings (SSSR count). The molecular formula is C21H19NO2. The lowest BCUT2D eigenvalue weighted by molar-refractivity contribution is 0.0962. The Kier molecular flexibility index (Phi) is 4.45. The number of carbonyl (C=O) groups is 1. The van der Waals surface area contributed by atoms with Crippen molar-refractivity contribution in [2.75, 3.05) is 7.05 Å². The lowest BCUT2D eigenvalue weighted by Gasteiger charge is -2.30. The van der Waals surface area contributed by atoms with Crippen LogP contribution in [0.1, 0.15) is 27.0 Å². The van der Waals surface area contributed by atoms with E-state index in [1.165, 1.54) is 0 Å². The van der Waals surface area contributed by atoms with Crippen molar-refractivity contribution in [3.8, 4) is 0 Å². The minimum atomic E-state index is -1.27. The van der Waals surface area contributed by atoms with E-state index in [-0.39, 0.29) is 5.91 Å². The van der Waals surface area contributed by atoms with Crippen LogP contribution in [0.2, 0.25) is 0 Å². The molecule has 120 valence electrons. The highest BCUT2D eigenvalue weighted by atomic mass is 16.3. The lowest BCUT2D eigenvalue weighted by atomic mass is 9.80. The molecule has 0 heterocycles. The standard InChI is InChI=1S/C21H19NO2/c1-22-20(23)16-12-14-19(15-13-16)21(24,17-8-4-2-5-9-17)18-10-6-3-7-11-18/h2-15,24H,1H3,(H,22,23). The van der Waals surface area contributed by atoms with Crippen LogP contribution < -0.4 is 5.32 Å². The van der Waals surface area contributed by atoms with Crippen molar-refractivity contribution in [1.29, 1.82) is 0 Å². The number of aliphatic hydroxyl groups is 1. The molecule has 0 radical (unpaired) electrons. The quantitative estimate of drug-likeness (QED) is 0.725. The van der Waals surface area contributed by atoms with Crippen LogP contribution in [-0.2, 0) is 5.60 Å². The van der Waals surface area contributed by atoms with Gasteiger partial charge in [0, 0.05) is 12.6 Å². The molecule has 3 aromatic carbocycles. The summed E-state index contributed by atoms with van der Waals surface area (Å²) in [5.74, 6) is -0.149. The van der Waals surface area contributed by atoms with Gasteiger partial charge < -0.3 is 10.4 Å². The van der Waals surface area contributed by atoms with Gasteiger partial charge in [-0.15, -0.1) is 0 Å². The van der Waals surface area contributed by atoms with E-state index in [0.717, 1.165) is 11.1 Å². The van der Waals surface area contributed by atoms with Crippen molar-refractivity contribution in [1.82, 2.24) is 5.32 Å². The van der Waals surface area contributed by atoms with Crippen molar-refractivity contribution in [3.05, 3.63) is 107 Å². The van der Waals surface area contributed by atoms with Gasteiger partial charge in [-0.25, -0.2) is 0 Å². The van der Waals surface area contributed by atoms with Crippen LogP contribution in [0.4, 0.5) is 0 Å². The highest BCUT2D eigenvalue weighted by molar-refractivity contribution is 5.94. The summed E-state index contributed by atoms with van der Waals surface area (Å²) in [7, 11) is 1.60. The minimum Gasteiger partial charge on any atom is -0.376 e. The predicted molar refractivity (Wildman–Crippen MR) is 94.8 cm³/mol. The summed E-state index contributed by atoms with van der Waals surface area (Å²) >= 11 is 0. The third kappa shape index (κ3) is 2.82. The summed E-state index contributed by atoms with van der Waals surface area (Å²) in [5.41, 5.74) is 1.56. The van der Waals surface area contributed by atoms with E-state index < -0.39 is 5.60 Å². The van der Waals surface area contributed by atoms with Crippen molar-refractivity contribution >= 4 is 5.91 Å². The average Bonchev–Trinajstić information content (AvgIpc) is 2.68. The van der Waals surface area contributed by atoms with Gasteiger partial charge in [0.15, 0.2) is 0 Å². The van der Waals surface area contributed by atoms with E-state index >= 15 is 0 Å². The highest BCUT2D eigenvalue weighted by Crippen LogP contribution is 2.36. The van der Waals surface area contributed by atoms with E-state index in [9.17, 15) is 9.90 Å². The summed E-state index contributed by atoms with van der Waals surface area (Å²) in [4.78, 5) is 11.7. The number of amides is 1. The summed E-state index contributed by atoms with van der Waals surface area (Å²) in [6.07, 6.45) is 0. The highest BCUT2D eigenvalue weighted by Gasteiger charge is 2.33. The van der Waals surface area contributed by atoms with Crippen LogP contribution in [0.3, 0.4) is 0 Å². The second-order valence-electron chi connectivity index (χ2n) is 5.60. The Morgan fingerprint density at radius 3 is 1.58 bits per heavy atom. The smallest absolute Gasteiger partial charge is 0.251 e. The van der Waals surface area contributed by atoms with E-state index in [1.54, 1.807) is 31.3 Å². The SMILES string of the molecule is CNC(=O)c1ccc(C(O)(c2ccccc2)c2ccccc2)cc1. The third-order valence-corrected chi connectivity index (χ3v) is 4.18. The van der Waals surface area contributed by atoms with Crippen LogP contribution >= 0.6 is 0 Å². The molecule has 2 N–H and O–H groups in total. The number of benzene rings is 3. The second-order valence-corrected chi connectivity index (χ2v) is 5.60. The molecule has 0 saturated heterocycles. The van der Waals surface area contributed by atoms with Crippen LogP contribution in [0, 0.1) is 0 Å². The van der Waals surface area contributed by atoms with Crippen molar-refractivity contribution in [2.45, 2.75) is 5.60 Å². The zero-order chi connectivity index (χ0) is 17.0. The van der Waals surface area contributed by atoms with Crippen LogP contribution in [0.15, 0.2) is 84.9 Å². The van der Waals surface area contributed by atoms with E-state index in [0.29, 0.717) is 11.1 Å². The first-order chi connectivity index (χ1) is 11.7. The normalized spacial score (nSPS) is 11.1. The van der Waals surface area contributed by atoms with Gasteiger partial charge in [-0.3, -0.25) is 4.79 Å². The van der Waals surface area contributed by atoms with E-state index in [2.05, 4.69) is 5.32 Å². The Labute approximate surface area is 141 Å². The number of nitrogens with one attached hydrogen (secondary N) is 1. The molecule has 3 heteroatoms. The molecule has 0 aliphatic carbocycles. The first kappa shape index (κ1) is 16.0. The molecule has 0 aliphatic rings. The molecule has 0 spiro atoms. The maximum atomic E-state index is 11.7. The number of hydrogen-bond donors (Lipinski definition) is 2. The zero-order valence-electron chi connectivity index (χ0n) is 13.4. The topological polar surface area (TPSA) is 49.3 Å². The van der Waals surface area contributed by atoms with E-state index in [1.807, 2.05) is 60.7 Å². The summed E-state index contributed by atoms with van der Waals surface area (Å²) in [5, 5.41) is 14.2. The molecule has 0 bridgehead atoms. The molecule has 3 aromatic rings. The first-order valence-electron chi connectivity index (χ1n) is 7.82. The summed E-state index contributed by atoms with van der Waals surface area (Å²) in [6, 6.07) is 26.1. The zero-order valence-corrected chi connectivity index (χ0v) is 13.4. The molecule has 0 fully saturated rings. The van der Waals surface area contributed by atoms with Crippen LogP contribution in [0.5, 0.6) is 0 Å². The van der Waals surface area contributed by atoms with Crippen molar-refractivity contribution in [3.63, 3.8) is 0 Å². The predicted octanol–water partition coefficient (Wildman–Crippen LogP) is 3.33. The fraction of sp³-hybridized carbons (Fsp3) is 0.0952. The summed E-state index contributed by atoms with van der Waals surface area (Å²) in [6.45, 7) is 0. The fourth-order valence-electron chi connectivity index (χ4n) is 2.87. The maximum absolute atomic E-state index is 11.7. The van der Waals surface area contributed by atoms with Gasteiger partial charge in [-0.05, 0) is 28.8 Å². The number of rotatable bonds is 4. The molecule has 1 amide bonds. The Morgan fingerprint density at radius 1 is 0.750 bits per heavy atom. The third-order valence-electron chi connectivity index (χ3n) is 4.18. The minimum absolute atomic E-state index is 0.149. The number of hydrogen-bond acceptors (Lipinski definition) is 2. The largest absolute Gasteiger partial charge is 0.376 e. The molecule has 0 saturated carbocycles. The summed E-state index contributed by atoms with van der Waals surface area (Å²) < 4.78 is 0. The monoisotopic (exact) mass is 317 g/mol. The fourth-order valence-corrected chi connectivity index (χ4v) is 2.87. The molecule has 3 nitrogen and oxygen atoms in total. The van der Waals surface area contributed by atoms with Crippen molar-refractivity contribution < 1.29 is 9.90 Å². The Morgan fingerprint density at radius 2 is 1.17 bits per heavy atom. The molecule has 0 aliphatic heterocycles. The Bertz CT molecular complexity index is 772. The lowest BCUT2D eigenvalue weighted by Crippen LogP contribution is -2.29. The van der Waals surface area contributed by atoms with Crippen molar-refractivity contribution in [2.24, 2.45) is 0 Å². The number of carbonyl (C=O) groups excluding carboxylic acids is 1. The van der Waals surface area contributed by atoms with Gasteiger partial charge in [0.2, 0.25) is 0 Å². The Balaban J connectivity index is 2.14. The molecule has 0 unspecified atom stereocenters. The second kappa shape index (κ2) is 6.69. The van der Waals surface area contributed by atoms with Gasteiger partial charge in [-0.1, -0.05) is 72.8 Å². The Hall–Kier alpha value is -2.91. The van der Waals surface area contributed by atoms with E-state index in [4.69, 9.17) is 0 Å². The molecule has 0 aromatic heterocycles.